The molecule has 0 amide bonds. The normalized spacial score (nSPS) is 12.5. The number of nitrogens with one attached hydrogen (secondary N) is 1. The van der Waals surface area contributed by atoms with E-state index in [1.54, 1.807) is 22.7 Å². The highest BCUT2D eigenvalue weighted by atomic mass is 35.5. The maximum Gasteiger partial charge on any atom is 0.0931 e. The molecule has 3 heterocycles. The molecule has 1 unspecified atom stereocenters. The molecule has 0 saturated heterocycles. The Kier molecular flexibility index (Phi) is 4.70. The van der Waals surface area contributed by atoms with Crippen LogP contribution in [-0.4, -0.2) is 4.98 Å². The number of nitrogens with zero attached hydrogens (tertiary/aromatic N) is 1. The van der Waals surface area contributed by atoms with Crippen LogP contribution in [0.1, 0.15) is 26.9 Å². The van der Waals surface area contributed by atoms with Crippen molar-refractivity contribution in [3.63, 3.8) is 0 Å². The second kappa shape index (κ2) is 6.71. The Morgan fingerprint density at radius 3 is 2.81 bits per heavy atom. The Balaban J connectivity index is 1.82. The predicted molar refractivity (Wildman–Crippen MR) is 91.3 cm³/mol. The van der Waals surface area contributed by atoms with Crippen molar-refractivity contribution in [2.75, 3.05) is 0 Å². The largest absolute Gasteiger partial charge is 0.301 e. The van der Waals surface area contributed by atoms with Crippen molar-refractivity contribution >= 4 is 34.3 Å². The van der Waals surface area contributed by atoms with Gasteiger partial charge in [-0.05, 0) is 47.7 Å². The number of thiophene rings is 2. The Morgan fingerprint density at radius 2 is 2.14 bits per heavy atom. The molecule has 0 radical (unpaired) electrons. The molecule has 0 fully saturated rings. The highest BCUT2D eigenvalue weighted by molar-refractivity contribution is 7.16. The van der Waals surface area contributed by atoms with Gasteiger partial charge < -0.3 is 5.32 Å². The lowest BCUT2D eigenvalue weighted by atomic mass is 10.1. The monoisotopic (exact) mass is 334 g/mol. The van der Waals surface area contributed by atoms with Gasteiger partial charge >= 0.3 is 0 Å². The Hall–Kier alpha value is -1.20. The first-order chi connectivity index (χ1) is 10.2. The molecule has 0 aliphatic heterocycles. The van der Waals surface area contributed by atoms with E-state index in [0.29, 0.717) is 0 Å². The van der Waals surface area contributed by atoms with Gasteiger partial charge in [-0.1, -0.05) is 17.7 Å². The molecule has 0 aliphatic carbocycles. The third kappa shape index (κ3) is 3.52. The molecule has 2 nitrogen and oxygen atoms in total. The summed E-state index contributed by atoms with van der Waals surface area (Å²) < 4.78 is 0.827. The van der Waals surface area contributed by atoms with Gasteiger partial charge in [-0.3, -0.25) is 4.98 Å². The van der Waals surface area contributed by atoms with E-state index in [0.717, 1.165) is 10.9 Å². The molecule has 3 aromatic rings. The maximum absolute atomic E-state index is 6.09. The summed E-state index contributed by atoms with van der Waals surface area (Å²) in [6, 6.07) is 10.6. The molecule has 108 valence electrons. The van der Waals surface area contributed by atoms with Crippen LogP contribution in [-0.2, 0) is 6.54 Å². The minimum absolute atomic E-state index is 0.190. The number of aryl methyl sites for hydroxylation is 1. The number of hydrogen-bond acceptors (Lipinski definition) is 4. The van der Waals surface area contributed by atoms with Crippen molar-refractivity contribution in [2.45, 2.75) is 19.5 Å². The number of pyridine rings is 1. The van der Waals surface area contributed by atoms with E-state index in [1.807, 2.05) is 18.5 Å². The van der Waals surface area contributed by atoms with Crippen LogP contribution in [0.2, 0.25) is 4.34 Å². The number of halogens is 1. The molecule has 1 atom stereocenters. The van der Waals surface area contributed by atoms with E-state index >= 15 is 0 Å². The molecule has 0 bridgehead atoms. The Morgan fingerprint density at radius 1 is 1.24 bits per heavy atom. The molecule has 0 aromatic carbocycles. The fourth-order valence-corrected chi connectivity index (χ4v) is 4.24. The van der Waals surface area contributed by atoms with Gasteiger partial charge in [0.1, 0.15) is 0 Å². The lowest BCUT2D eigenvalue weighted by molar-refractivity contribution is 0.619. The number of aromatic nitrogens is 1. The van der Waals surface area contributed by atoms with Gasteiger partial charge in [-0.2, -0.15) is 0 Å². The third-order valence-corrected chi connectivity index (χ3v) is 5.57. The van der Waals surface area contributed by atoms with Crippen molar-refractivity contribution in [1.29, 1.82) is 0 Å². The predicted octanol–water partition coefficient (Wildman–Crippen LogP) is 5.05. The van der Waals surface area contributed by atoms with Gasteiger partial charge in [0.05, 0.1) is 10.4 Å². The first kappa shape index (κ1) is 14.7. The van der Waals surface area contributed by atoms with Gasteiger partial charge in [-0.15, -0.1) is 22.7 Å². The van der Waals surface area contributed by atoms with E-state index in [2.05, 4.69) is 46.9 Å². The average molecular weight is 335 g/mol. The summed E-state index contributed by atoms with van der Waals surface area (Å²) in [4.78, 5) is 6.69. The van der Waals surface area contributed by atoms with Gasteiger partial charge in [0.2, 0.25) is 0 Å². The first-order valence-corrected chi connectivity index (χ1v) is 8.73. The van der Waals surface area contributed by atoms with Crippen LogP contribution < -0.4 is 5.32 Å². The highest BCUT2D eigenvalue weighted by Crippen LogP contribution is 2.33. The molecule has 5 heteroatoms. The van der Waals surface area contributed by atoms with E-state index in [9.17, 15) is 0 Å². The number of rotatable bonds is 5. The third-order valence-electron chi connectivity index (χ3n) is 3.34. The van der Waals surface area contributed by atoms with Crippen LogP contribution in [0.5, 0.6) is 0 Å². The first-order valence-electron chi connectivity index (χ1n) is 6.65. The average Bonchev–Trinajstić information content (AvgIpc) is 3.13. The van der Waals surface area contributed by atoms with Crippen molar-refractivity contribution < 1.29 is 0 Å². The summed E-state index contributed by atoms with van der Waals surface area (Å²) in [5.41, 5.74) is 2.48. The molecule has 0 saturated carbocycles. The summed E-state index contributed by atoms with van der Waals surface area (Å²) >= 11 is 9.49. The SMILES string of the molecule is Cc1cnccc1CNC(c1cccs1)c1ccc(Cl)s1. The Labute approximate surface area is 137 Å². The number of hydrogen-bond donors (Lipinski definition) is 1. The molecule has 21 heavy (non-hydrogen) atoms. The van der Waals surface area contributed by atoms with Gasteiger partial charge in [0, 0.05) is 28.7 Å². The van der Waals surface area contributed by atoms with Crippen molar-refractivity contribution in [1.82, 2.24) is 10.3 Å². The fraction of sp³-hybridized carbons (Fsp3) is 0.188. The van der Waals surface area contributed by atoms with Crippen LogP contribution >= 0.6 is 34.3 Å². The van der Waals surface area contributed by atoms with E-state index < -0.39 is 0 Å². The summed E-state index contributed by atoms with van der Waals surface area (Å²) in [5.74, 6) is 0. The lowest BCUT2D eigenvalue weighted by Crippen LogP contribution is -2.20. The molecule has 0 spiro atoms. The van der Waals surface area contributed by atoms with Crippen molar-refractivity contribution in [3.8, 4) is 0 Å². The van der Waals surface area contributed by atoms with E-state index in [1.165, 1.54) is 20.9 Å². The molecular weight excluding hydrogens is 320 g/mol. The fourth-order valence-electron chi connectivity index (χ4n) is 2.19. The minimum atomic E-state index is 0.190. The lowest BCUT2D eigenvalue weighted by Gasteiger charge is -2.17. The minimum Gasteiger partial charge on any atom is -0.301 e. The molecule has 1 N–H and O–H groups in total. The van der Waals surface area contributed by atoms with Crippen LogP contribution in [0.4, 0.5) is 0 Å². The standard InChI is InChI=1S/C16H15ClN2S2/c1-11-9-18-7-6-12(11)10-19-16(13-3-2-8-20-13)14-4-5-15(17)21-14/h2-9,16,19H,10H2,1H3. The van der Waals surface area contributed by atoms with Crippen molar-refractivity contribution in [2.24, 2.45) is 0 Å². The van der Waals surface area contributed by atoms with E-state index in [-0.39, 0.29) is 6.04 Å². The summed E-state index contributed by atoms with van der Waals surface area (Å²) in [5, 5.41) is 5.75. The van der Waals surface area contributed by atoms with Crippen LogP contribution in [0.15, 0.2) is 48.1 Å². The second-order valence-corrected chi connectivity index (χ2v) is 7.50. The Bertz CT molecular complexity index is 707. The maximum atomic E-state index is 6.09. The zero-order valence-electron chi connectivity index (χ0n) is 11.5. The smallest absolute Gasteiger partial charge is 0.0931 e. The molecular formula is C16H15ClN2S2. The highest BCUT2D eigenvalue weighted by Gasteiger charge is 2.17. The molecule has 3 rings (SSSR count). The summed E-state index contributed by atoms with van der Waals surface area (Å²) in [6.45, 7) is 2.90. The molecule has 0 aliphatic rings. The van der Waals surface area contributed by atoms with E-state index in [4.69, 9.17) is 11.6 Å². The van der Waals surface area contributed by atoms with Gasteiger partial charge in [-0.25, -0.2) is 0 Å². The van der Waals surface area contributed by atoms with Gasteiger partial charge in [0.15, 0.2) is 0 Å². The summed E-state index contributed by atoms with van der Waals surface area (Å²) in [6.07, 6.45) is 3.74. The zero-order chi connectivity index (χ0) is 14.7. The van der Waals surface area contributed by atoms with Crippen LogP contribution in [0.25, 0.3) is 0 Å². The topological polar surface area (TPSA) is 24.9 Å². The van der Waals surface area contributed by atoms with Crippen LogP contribution in [0.3, 0.4) is 0 Å². The van der Waals surface area contributed by atoms with Gasteiger partial charge in [0.25, 0.3) is 0 Å². The molecule has 3 aromatic heterocycles. The van der Waals surface area contributed by atoms with Crippen LogP contribution in [0, 0.1) is 6.92 Å². The zero-order valence-corrected chi connectivity index (χ0v) is 13.9. The quantitative estimate of drug-likeness (QED) is 0.706. The summed E-state index contributed by atoms with van der Waals surface area (Å²) in [7, 11) is 0. The van der Waals surface area contributed by atoms with Crippen molar-refractivity contribution in [3.05, 3.63) is 73.3 Å². The second-order valence-electron chi connectivity index (χ2n) is 4.77.